The van der Waals surface area contributed by atoms with Crippen LogP contribution in [0.2, 0.25) is 0 Å². The van der Waals surface area contributed by atoms with Crippen LogP contribution in [0.4, 0.5) is 13.2 Å². The van der Waals surface area contributed by atoms with Gasteiger partial charge >= 0.3 is 6.18 Å². The molecule has 1 saturated carbocycles. The van der Waals surface area contributed by atoms with E-state index in [1.807, 2.05) is 0 Å². The second-order valence-corrected chi connectivity index (χ2v) is 7.05. The zero-order chi connectivity index (χ0) is 20.2. The van der Waals surface area contributed by atoms with Gasteiger partial charge in [0.25, 0.3) is 0 Å². The maximum Gasteiger partial charge on any atom is 0.416 e. The minimum Gasteiger partial charge on any atom is -0.356 e. The second-order valence-electron chi connectivity index (χ2n) is 7.05. The van der Waals surface area contributed by atoms with Crippen LogP contribution in [0.1, 0.15) is 42.1 Å². The normalized spacial score (nSPS) is 16.5. The first kappa shape index (κ1) is 20.2. The standard InChI is InChI=1S/C19H24F3N5O/c1-13-26-16(28-27-13)7-10-24-17(23-2)25-12-18(8-4-9-18)14-5-3-6-15(11-14)19(20,21)22/h3,5-6,11H,4,7-10,12H2,1-2H3,(H2,23,24,25). The van der Waals surface area contributed by atoms with Crippen molar-refractivity contribution >= 4 is 5.96 Å². The Hall–Kier alpha value is -2.58. The highest BCUT2D eigenvalue weighted by molar-refractivity contribution is 5.79. The monoisotopic (exact) mass is 395 g/mol. The maximum absolute atomic E-state index is 13.1. The number of benzene rings is 1. The van der Waals surface area contributed by atoms with E-state index in [1.54, 1.807) is 20.0 Å². The van der Waals surface area contributed by atoms with Crippen molar-refractivity contribution in [2.75, 3.05) is 20.1 Å². The summed E-state index contributed by atoms with van der Waals surface area (Å²) in [6, 6.07) is 5.65. The Labute approximate surface area is 161 Å². The van der Waals surface area contributed by atoms with E-state index in [0.717, 1.165) is 30.9 Å². The molecule has 1 aromatic heterocycles. The van der Waals surface area contributed by atoms with Crippen LogP contribution < -0.4 is 10.6 Å². The number of halogens is 3. The van der Waals surface area contributed by atoms with Gasteiger partial charge in [-0.05, 0) is 31.4 Å². The van der Waals surface area contributed by atoms with Crippen LogP contribution in [0.25, 0.3) is 0 Å². The van der Waals surface area contributed by atoms with E-state index in [9.17, 15) is 13.2 Å². The first-order chi connectivity index (χ1) is 13.3. The van der Waals surface area contributed by atoms with Gasteiger partial charge in [0.15, 0.2) is 11.8 Å². The third-order valence-electron chi connectivity index (χ3n) is 5.13. The van der Waals surface area contributed by atoms with Gasteiger partial charge in [-0.15, -0.1) is 0 Å². The lowest BCUT2D eigenvalue weighted by Crippen LogP contribution is -2.49. The first-order valence-corrected chi connectivity index (χ1v) is 9.24. The maximum atomic E-state index is 13.1. The van der Waals surface area contributed by atoms with Gasteiger partial charge in [0.2, 0.25) is 5.89 Å². The molecule has 3 rings (SSSR count). The van der Waals surface area contributed by atoms with Crippen molar-refractivity contribution in [2.45, 2.75) is 44.2 Å². The minimum atomic E-state index is -4.33. The molecule has 0 atom stereocenters. The van der Waals surface area contributed by atoms with E-state index in [0.29, 0.717) is 37.2 Å². The van der Waals surface area contributed by atoms with Gasteiger partial charge in [-0.2, -0.15) is 18.2 Å². The van der Waals surface area contributed by atoms with Crippen LogP contribution in [0.5, 0.6) is 0 Å². The molecule has 1 aliphatic rings. The first-order valence-electron chi connectivity index (χ1n) is 9.24. The fraction of sp³-hybridized carbons (Fsp3) is 0.526. The number of aromatic nitrogens is 2. The Morgan fingerprint density at radius 3 is 2.64 bits per heavy atom. The number of hydrogen-bond acceptors (Lipinski definition) is 4. The summed E-state index contributed by atoms with van der Waals surface area (Å²) in [6.45, 7) is 2.83. The average molecular weight is 395 g/mol. The van der Waals surface area contributed by atoms with Gasteiger partial charge in [0.05, 0.1) is 5.56 Å². The summed E-state index contributed by atoms with van der Waals surface area (Å²) >= 11 is 0. The number of aliphatic imine (C=N–C) groups is 1. The van der Waals surface area contributed by atoms with E-state index in [-0.39, 0.29) is 5.41 Å². The topological polar surface area (TPSA) is 75.3 Å². The highest BCUT2D eigenvalue weighted by Crippen LogP contribution is 2.44. The molecular formula is C19H24F3N5O. The van der Waals surface area contributed by atoms with E-state index < -0.39 is 11.7 Å². The summed E-state index contributed by atoms with van der Waals surface area (Å²) in [5, 5.41) is 10.2. The number of aryl methyl sites for hydroxylation is 1. The Morgan fingerprint density at radius 2 is 2.07 bits per heavy atom. The van der Waals surface area contributed by atoms with Crippen LogP contribution in [0.15, 0.2) is 33.8 Å². The molecule has 1 heterocycles. The molecule has 28 heavy (non-hydrogen) atoms. The summed E-state index contributed by atoms with van der Waals surface area (Å²) in [6.07, 6.45) is -1.08. The smallest absolute Gasteiger partial charge is 0.356 e. The van der Waals surface area contributed by atoms with Crippen LogP contribution in [0.3, 0.4) is 0 Å². The largest absolute Gasteiger partial charge is 0.416 e. The molecule has 0 aliphatic heterocycles. The van der Waals surface area contributed by atoms with Crippen LogP contribution in [-0.4, -0.2) is 36.2 Å². The Morgan fingerprint density at radius 1 is 1.29 bits per heavy atom. The van der Waals surface area contributed by atoms with Gasteiger partial charge in [0, 0.05) is 32.0 Å². The van der Waals surface area contributed by atoms with Crippen molar-refractivity contribution in [3.8, 4) is 0 Å². The van der Waals surface area contributed by atoms with Crippen LogP contribution >= 0.6 is 0 Å². The Balaban J connectivity index is 1.59. The van der Waals surface area contributed by atoms with Gasteiger partial charge in [-0.3, -0.25) is 4.99 Å². The molecule has 1 aliphatic carbocycles. The van der Waals surface area contributed by atoms with Crippen LogP contribution in [0, 0.1) is 6.92 Å². The molecule has 2 aromatic rings. The van der Waals surface area contributed by atoms with Crippen molar-refractivity contribution in [2.24, 2.45) is 4.99 Å². The van der Waals surface area contributed by atoms with Gasteiger partial charge < -0.3 is 15.2 Å². The quantitative estimate of drug-likeness (QED) is 0.580. The fourth-order valence-corrected chi connectivity index (χ4v) is 3.40. The highest BCUT2D eigenvalue weighted by Gasteiger charge is 2.40. The Kier molecular flexibility index (Phi) is 5.90. The molecule has 1 fully saturated rings. The summed E-state index contributed by atoms with van der Waals surface area (Å²) in [7, 11) is 1.66. The number of hydrogen-bond donors (Lipinski definition) is 2. The van der Waals surface area contributed by atoms with E-state index in [2.05, 4.69) is 25.8 Å². The Bertz CT molecular complexity index is 827. The van der Waals surface area contributed by atoms with Crippen molar-refractivity contribution in [3.63, 3.8) is 0 Å². The van der Waals surface area contributed by atoms with Gasteiger partial charge in [0.1, 0.15) is 0 Å². The third kappa shape index (κ3) is 4.63. The van der Waals surface area contributed by atoms with E-state index >= 15 is 0 Å². The molecule has 0 spiro atoms. The molecule has 9 heteroatoms. The number of alkyl halides is 3. The van der Waals surface area contributed by atoms with Crippen molar-refractivity contribution < 1.29 is 17.7 Å². The van der Waals surface area contributed by atoms with Gasteiger partial charge in [-0.25, -0.2) is 0 Å². The third-order valence-corrected chi connectivity index (χ3v) is 5.13. The predicted molar refractivity (Wildman–Crippen MR) is 99.1 cm³/mol. The average Bonchev–Trinajstić information content (AvgIpc) is 3.04. The number of nitrogens with zero attached hydrogens (tertiary/aromatic N) is 3. The van der Waals surface area contributed by atoms with Crippen molar-refractivity contribution in [1.82, 2.24) is 20.8 Å². The minimum absolute atomic E-state index is 0.303. The summed E-state index contributed by atoms with van der Waals surface area (Å²) in [5.41, 5.74) is -0.186. The molecule has 1 aromatic carbocycles. The molecule has 0 radical (unpaired) electrons. The molecule has 2 N–H and O–H groups in total. The summed E-state index contributed by atoms with van der Waals surface area (Å²) < 4.78 is 44.3. The second kappa shape index (κ2) is 8.20. The molecular weight excluding hydrogens is 371 g/mol. The fourth-order valence-electron chi connectivity index (χ4n) is 3.40. The molecule has 0 bridgehead atoms. The zero-order valence-corrected chi connectivity index (χ0v) is 15.9. The number of nitrogens with one attached hydrogen (secondary N) is 2. The van der Waals surface area contributed by atoms with E-state index in [4.69, 9.17) is 4.52 Å². The molecule has 0 amide bonds. The zero-order valence-electron chi connectivity index (χ0n) is 15.9. The molecule has 152 valence electrons. The van der Waals surface area contributed by atoms with Crippen molar-refractivity contribution in [1.29, 1.82) is 0 Å². The van der Waals surface area contributed by atoms with Crippen molar-refractivity contribution in [3.05, 3.63) is 47.1 Å². The molecule has 0 unspecified atom stereocenters. The highest BCUT2D eigenvalue weighted by atomic mass is 19.4. The number of guanidine groups is 1. The lowest BCUT2D eigenvalue weighted by Gasteiger charge is -2.43. The lowest BCUT2D eigenvalue weighted by atomic mass is 9.64. The predicted octanol–water partition coefficient (Wildman–Crippen LogP) is 3.23. The number of rotatable bonds is 6. The lowest BCUT2D eigenvalue weighted by molar-refractivity contribution is -0.137. The molecule has 0 saturated heterocycles. The summed E-state index contributed by atoms with van der Waals surface area (Å²) in [5.74, 6) is 1.72. The van der Waals surface area contributed by atoms with E-state index in [1.165, 1.54) is 12.1 Å². The van der Waals surface area contributed by atoms with Crippen LogP contribution in [-0.2, 0) is 18.0 Å². The summed E-state index contributed by atoms with van der Waals surface area (Å²) in [4.78, 5) is 8.32. The molecule has 6 nitrogen and oxygen atoms in total. The SMILES string of the molecule is CN=C(NCCc1nc(C)no1)NCC1(c2cccc(C(F)(F)F)c2)CCC1. The van der Waals surface area contributed by atoms with Gasteiger partial charge in [-0.1, -0.05) is 29.8 Å².